The molecule has 1 atom stereocenters. The van der Waals surface area contributed by atoms with Crippen molar-refractivity contribution < 1.29 is 26.4 Å². The van der Waals surface area contributed by atoms with E-state index >= 15 is 0 Å². The zero-order chi connectivity index (χ0) is 22.6. The second kappa shape index (κ2) is 9.40. The Balaban J connectivity index is 1.62. The van der Waals surface area contributed by atoms with Crippen molar-refractivity contribution >= 4 is 15.9 Å². The molecular formula is C22H25F3N2O3S. The van der Waals surface area contributed by atoms with Gasteiger partial charge in [0, 0.05) is 13.1 Å². The van der Waals surface area contributed by atoms with Gasteiger partial charge in [-0.15, -0.1) is 0 Å². The fourth-order valence-corrected chi connectivity index (χ4v) is 5.10. The first-order chi connectivity index (χ1) is 14.6. The lowest BCUT2D eigenvalue weighted by molar-refractivity contribution is -0.137. The summed E-state index contributed by atoms with van der Waals surface area (Å²) in [5, 5.41) is 2.69. The third kappa shape index (κ3) is 5.86. The van der Waals surface area contributed by atoms with Crippen LogP contribution in [0.5, 0.6) is 0 Å². The zero-order valence-electron chi connectivity index (χ0n) is 17.2. The van der Waals surface area contributed by atoms with Crippen molar-refractivity contribution in [2.24, 2.45) is 0 Å². The van der Waals surface area contributed by atoms with E-state index in [1.165, 1.54) is 28.6 Å². The summed E-state index contributed by atoms with van der Waals surface area (Å²) >= 11 is 0. The first-order valence-electron chi connectivity index (χ1n) is 10.1. The molecule has 9 heteroatoms. The first kappa shape index (κ1) is 23.3. The molecule has 0 radical (unpaired) electrons. The highest BCUT2D eigenvalue weighted by molar-refractivity contribution is 7.89. The maximum atomic E-state index is 12.9. The maximum Gasteiger partial charge on any atom is 0.416 e. The van der Waals surface area contributed by atoms with Crippen LogP contribution in [0.2, 0.25) is 0 Å². The fourth-order valence-electron chi connectivity index (χ4n) is 3.58. The predicted octanol–water partition coefficient (Wildman–Crippen LogP) is 4.30. The maximum absolute atomic E-state index is 12.9. The number of carbonyl (C=O) groups is 1. The monoisotopic (exact) mass is 454 g/mol. The number of hydrogen-bond donors (Lipinski definition) is 1. The van der Waals surface area contributed by atoms with Crippen LogP contribution in [0.15, 0.2) is 53.4 Å². The third-order valence-electron chi connectivity index (χ3n) is 5.33. The molecule has 1 unspecified atom stereocenters. The van der Waals surface area contributed by atoms with Crippen LogP contribution in [0, 0.1) is 0 Å². The Morgan fingerprint density at radius 1 is 1.06 bits per heavy atom. The Hall–Kier alpha value is -2.39. The molecule has 1 aliphatic heterocycles. The van der Waals surface area contributed by atoms with Gasteiger partial charge in [0.2, 0.25) is 15.9 Å². The van der Waals surface area contributed by atoms with Gasteiger partial charge in [0.1, 0.15) is 0 Å². The molecule has 1 saturated heterocycles. The molecule has 0 aromatic heterocycles. The lowest BCUT2D eigenvalue weighted by atomic mass is 10.0. The van der Waals surface area contributed by atoms with Gasteiger partial charge in [0.25, 0.3) is 0 Å². The van der Waals surface area contributed by atoms with E-state index in [9.17, 15) is 26.4 Å². The number of sulfonamides is 1. The number of benzene rings is 2. The first-order valence-corrected chi connectivity index (χ1v) is 11.6. The topological polar surface area (TPSA) is 66.5 Å². The number of hydrogen-bond acceptors (Lipinski definition) is 3. The molecule has 168 valence electrons. The minimum atomic E-state index is -4.45. The van der Waals surface area contributed by atoms with Crippen LogP contribution >= 0.6 is 0 Å². The van der Waals surface area contributed by atoms with E-state index in [4.69, 9.17) is 0 Å². The van der Waals surface area contributed by atoms with E-state index in [-0.39, 0.29) is 17.2 Å². The Kier molecular flexibility index (Phi) is 7.06. The zero-order valence-corrected chi connectivity index (χ0v) is 18.0. The average molecular weight is 455 g/mol. The van der Waals surface area contributed by atoms with Gasteiger partial charge in [0.05, 0.1) is 22.9 Å². The van der Waals surface area contributed by atoms with Crippen molar-refractivity contribution in [3.8, 4) is 0 Å². The molecule has 0 saturated carbocycles. The van der Waals surface area contributed by atoms with Gasteiger partial charge < -0.3 is 5.32 Å². The third-order valence-corrected chi connectivity index (χ3v) is 7.25. The smallest absolute Gasteiger partial charge is 0.349 e. The van der Waals surface area contributed by atoms with Gasteiger partial charge in [0.15, 0.2) is 0 Å². The average Bonchev–Trinajstić information content (AvgIpc) is 2.74. The van der Waals surface area contributed by atoms with Gasteiger partial charge in [-0.05, 0) is 55.2 Å². The van der Waals surface area contributed by atoms with E-state index in [2.05, 4.69) is 5.32 Å². The van der Waals surface area contributed by atoms with Crippen LogP contribution in [-0.2, 0) is 27.4 Å². The summed E-state index contributed by atoms with van der Waals surface area (Å²) in [5.41, 5.74) is 0.203. The number of alkyl halides is 3. The number of nitrogens with one attached hydrogen (secondary N) is 1. The minimum Gasteiger partial charge on any atom is -0.349 e. The summed E-state index contributed by atoms with van der Waals surface area (Å²) in [7, 11) is -3.54. The molecule has 1 amide bonds. The summed E-state index contributed by atoms with van der Waals surface area (Å²) in [5.74, 6) is -0.364. The molecule has 5 nitrogen and oxygen atoms in total. The van der Waals surface area contributed by atoms with Crippen molar-refractivity contribution in [1.29, 1.82) is 0 Å². The molecule has 31 heavy (non-hydrogen) atoms. The standard InChI is InChI=1S/C22H25F3N2O3S/c1-16(18-6-5-7-19(15-18)22(23,24)25)26-21(28)14-17-8-10-20(11-9-17)31(29,30)27-12-3-2-4-13-27/h5-11,15-16H,2-4,12-14H2,1H3,(H,26,28). The van der Waals surface area contributed by atoms with Crippen LogP contribution in [0.3, 0.4) is 0 Å². The van der Waals surface area contributed by atoms with E-state index in [1.807, 2.05) is 0 Å². The fraction of sp³-hybridized carbons (Fsp3) is 0.409. The predicted molar refractivity (Wildman–Crippen MR) is 111 cm³/mol. The van der Waals surface area contributed by atoms with Crippen LogP contribution < -0.4 is 5.32 Å². The Bertz CT molecular complexity index is 1020. The van der Waals surface area contributed by atoms with Crippen molar-refractivity contribution in [2.75, 3.05) is 13.1 Å². The van der Waals surface area contributed by atoms with E-state index in [0.717, 1.165) is 31.4 Å². The number of rotatable bonds is 6. The van der Waals surface area contributed by atoms with E-state index < -0.39 is 27.8 Å². The summed E-state index contributed by atoms with van der Waals surface area (Å²) in [6, 6.07) is 10.4. The lowest BCUT2D eigenvalue weighted by Crippen LogP contribution is -2.35. The molecule has 1 heterocycles. The number of piperidine rings is 1. The highest BCUT2D eigenvalue weighted by Gasteiger charge is 2.31. The van der Waals surface area contributed by atoms with Gasteiger partial charge >= 0.3 is 6.18 Å². The second-order valence-electron chi connectivity index (χ2n) is 7.70. The molecule has 2 aromatic rings. The normalized spacial score (nSPS) is 16.6. The molecule has 0 aliphatic carbocycles. The quantitative estimate of drug-likeness (QED) is 0.708. The van der Waals surface area contributed by atoms with Crippen LogP contribution in [0.25, 0.3) is 0 Å². The molecule has 1 fully saturated rings. The number of nitrogens with zero attached hydrogens (tertiary/aromatic N) is 1. The van der Waals surface area contributed by atoms with Crippen LogP contribution in [0.1, 0.15) is 48.9 Å². The highest BCUT2D eigenvalue weighted by Crippen LogP contribution is 2.30. The number of halogens is 3. The summed E-state index contributed by atoms with van der Waals surface area (Å²) in [6.45, 7) is 2.64. The van der Waals surface area contributed by atoms with Crippen molar-refractivity contribution in [2.45, 2.75) is 49.7 Å². The van der Waals surface area contributed by atoms with Crippen molar-refractivity contribution in [3.05, 3.63) is 65.2 Å². The highest BCUT2D eigenvalue weighted by atomic mass is 32.2. The van der Waals surface area contributed by atoms with Gasteiger partial charge in [-0.1, -0.05) is 30.7 Å². The summed E-state index contributed by atoms with van der Waals surface area (Å²) < 4.78 is 65.5. The molecule has 3 rings (SSSR count). The lowest BCUT2D eigenvalue weighted by Gasteiger charge is -2.25. The molecule has 0 bridgehead atoms. The van der Waals surface area contributed by atoms with E-state index in [0.29, 0.717) is 24.2 Å². The van der Waals surface area contributed by atoms with Crippen LogP contribution in [-0.4, -0.2) is 31.7 Å². The number of amides is 1. The second-order valence-corrected chi connectivity index (χ2v) is 9.64. The van der Waals surface area contributed by atoms with Gasteiger partial charge in [-0.25, -0.2) is 8.42 Å². The SMILES string of the molecule is CC(NC(=O)Cc1ccc(S(=O)(=O)N2CCCCC2)cc1)c1cccc(C(F)(F)F)c1. The largest absolute Gasteiger partial charge is 0.416 e. The van der Waals surface area contributed by atoms with Crippen molar-refractivity contribution in [3.63, 3.8) is 0 Å². The number of carbonyl (C=O) groups excluding carboxylic acids is 1. The minimum absolute atomic E-state index is 0.00660. The molecular weight excluding hydrogens is 429 g/mol. The summed E-state index contributed by atoms with van der Waals surface area (Å²) in [4.78, 5) is 12.5. The Labute approximate surface area is 180 Å². The Morgan fingerprint density at radius 3 is 2.32 bits per heavy atom. The summed E-state index contributed by atoms with van der Waals surface area (Å²) in [6.07, 6.45) is -1.73. The van der Waals surface area contributed by atoms with Crippen LogP contribution in [0.4, 0.5) is 13.2 Å². The Morgan fingerprint density at radius 2 is 1.71 bits per heavy atom. The van der Waals surface area contributed by atoms with E-state index in [1.54, 1.807) is 19.1 Å². The van der Waals surface area contributed by atoms with Gasteiger partial charge in [-0.3, -0.25) is 4.79 Å². The molecule has 2 aromatic carbocycles. The molecule has 1 aliphatic rings. The van der Waals surface area contributed by atoms with Gasteiger partial charge in [-0.2, -0.15) is 17.5 Å². The molecule has 0 spiro atoms. The van der Waals surface area contributed by atoms with Crippen molar-refractivity contribution in [1.82, 2.24) is 9.62 Å². The molecule has 1 N–H and O–H groups in total.